The maximum absolute atomic E-state index is 12.6. The number of amides is 1. The molecule has 1 aliphatic rings. The van der Waals surface area contributed by atoms with Gasteiger partial charge in [-0.25, -0.2) is 9.97 Å². The van der Waals surface area contributed by atoms with Gasteiger partial charge in [-0.1, -0.05) is 30.3 Å². The van der Waals surface area contributed by atoms with Crippen molar-refractivity contribution in [1.29, 1.82) is 0 Å². The van der Waals surface area contributed by atoms with E-state index >= 15 is 0 Å². The standard InChI is InChI=1S/C20H22N4O2/c1-26-18-9-5-8-16(18)23-20(25)15-10-17-19(21-11-15)24(13-22-17)12-14-6-3-2-4-7-14/h2-4,6-7,10-11,13,16,18H,5,8-9,12H2,1H3,(H,23,25)/t16-,18-/m1/s1. The number of benzene rings is 1. The topological polar surface area (TPSA) is 69.0 Å². The van der Waals surface area contributed by atoms with Gasteiger partial charge < -0.3 is 14.6 Å². The van der Waals surface area contributed by atoms with Crippen LogP contribution < -0.4 is 5.32 Å². The lowest BCUT2D eigenvalue weighted by atomic mass is 10.2. The quantitative estimate of drug-likeness (QED) is 0.768. The third kappa shape index (κ3) is 3.32. The van der Waals surface area contributed by atoms with Crippen LogP contribution in [0.1, 0.15) is 35.2 Å². The maximum atomic E-state index is 12.6. The number of nitrogens with one attached hydrogen (secondary N) is 1. The Morgan fingerprint density at radius 3 is 2.92 bits per heavy atom. The molecule has 26 heavy (non-hydrogen) atoms. The molecule has 2 heterocycles. The second-order valence-corrected chi connectivity index (χ2v) is 6.71. The molecule has 1 saturated carbocycles. The van der Waals surface area contributed by atoms with Gasteiger partial charge in [0.2, 0.25) is 0 Å². The van der Waals surface area contributed by atoms with E-state index in [4.69, 9.17) is 4.74 Å². The number of hydrogen-bond donors (Lipinski definition) is 1. The summed E-state index contributed by atoms with van der Waals surface area (Å²) in [5.74, 6) is -0.119. The number of fused-ring (bicyclic) bond motifs is 1. The van der Waals surface area contributed by atoms with Crippen LogP contribution in [0.25, 0.3) is 11.2 Å². The van der Waals surface area contributed by atoms with Crippen molar-refractivity contribution in [3.05, 3.63) is 60.0 Å². The van der Waals surface area contributed by atoms with Gasteiger partial charge in [-0.2, -0.15) is 0 Å². The molecule has 1 aliphatic carbocycles. The van der Waals surface area contributed by atoms with Gasteiger partial charge in [0, 0.05) is 13.3 Å². The van der Waals surface area contributed by atoms with Crippen LogP contribution in [0.4, 0.5) is 0 Å². The predicted molar refractivity (Wildman–Crippen MR) is 99.0 cm³/mol. The highest BCUT2D eigenvalue weighted by Crippen LogP contribution is 2.22. The maximum Gasteiger partial charge on any atom is 0.253 e. The molecule has 6 nitrogen and oxygen atoms in total. The normalized spacial score (nSPS) is 19.7. The van der Waals surface area contributed by atoms with E-state index < -0.39 is 0 Å². The van der Waals surface area contributed by atoms with Gasteiger partial charge >= 0.3 is 0 Å². The summed E-state index contributed by atoms with van der Waals surface area (Å²) in [7, 11) is 1.70. The molecule has 134 valence electrons. The number of hydrogen-bond acceptors (Lipinski definition) is 4. The molecule has 1 N–H and O–H groups in total. The minimum absolute atomic E-state index is 0.0684. The zero-order valence-electron chi connectivity index (χ0n) is 14.8. The number of nitrogens with zero attached hydrogens (tertiary/aromatic N) is 3. The largest absolute Gasteiger partial charge is 0.379 e. The van der Waals surface area contributed by atoms with E-state index in [0.29, 0.717) is 12.1 Å². The Labute approximate surface area is 152 Å². The Hall–Kier alpha value is -2.73. The molecule has 0 bridgehead atoms. The smallest absolute Gasteiger partial charge is 0.253 e. The van der Waals surface area contributed by atoms with Crippen molar-refractivity contribution in [2.24, 2.45) is 0 Å². The van der Waals surface area contributed by atoms with Crippen LogP contribution in [-0.4, -0.2) is 39.7 Å². The van der Waals surface area contributed by atoms with Crippen LogP contribution in [-0.2, 0) is 11.3 Å². The predicted octanol–water partition coefficient (Wildman–Crippen LogP) is 2.78. The van der Waals surface area contributed by atoms with Crippen molar-refractivity contribution in [2.45, 2.75) is 38.0 Å². The van der Waals surface area contributed by atoms with E-state index in [9.17, 15) is 4.79 Å². The molecule has 0 spiro atoms. The number of carbonyl (C=O) groups excluding carboxylic acids is 1. The molecule has 2 aromatic heterocycles. The fraction of sp³-hybridized carbons (Fsp3) is 0.350. The van der Waals surface area contributed by atoms with E-state index in [-0.39, 0.29) is 18.1 Å². The number of ether oxygens (including phenoxy) is 1. The number of methoxy groups -OCH3 is 1. The summed E-state index contributed by atoms with van der Waals surface area (Å²) in [5.41, 5.74) is 3.22. The van der Waals surface area contributed by atoms with E-state index in [1.807, 2.05) is 22.8 Å². The molecule has 4 rings (SSSR count). The molecule has 1 fully saturated rings. The average molecular weight is 350 g/mol. The van der Waals surface area contributed by atoms with Crippen LogP contribution in [0.2, 0.25) is 0 Å². The highest BCUT2D eigenvalue weighted by Gasteiger charge is 2.28. The lowest BCUT2D eigenvalue weighted by molar-refractivity contribution is 0.0722. The van der Waals surface area contributed by atoms with Gasteiger partial charge in [0.25, 0.3) is 5.91 Å². The third-order valence-electron chi connectivity index (χ3n) is 4.99. The van der Waals surface area contributed by atoms with Crippen LogP contribution >= 0.6 is 0 Å². The molecule has 0 unspecified atom stereocenters. The molecule has 6 heteroatoms. The second-order valence-electron chi connectivity index (χ2n) is 6.71. The van der Waals surface area contributed by atoms with Crippen molar-refractivity contribution in [2.75, 3.05) is 7.11 Å². The van der Waals surface area contributed by atoms with Crippen molar-refractivity contribution >= 4 is 17.1 Å². The fourth-order valence-corrected chi connectivity index (χ4v) is 3.59. The summed E-state index contributed by atoms with van der Waals surface area (Å²) in [6.45, 7) is 0.702. The third-order valence-corrected chi connectivity index (χ3v) is 4.99. The number of imidazole rings is 1. The Morgan fingerprint density at radius 2 is 2.12 bits per heavy atom. The molecule has 0 radical (unpaired) electrons. The number of aromatic nitrogens is 3. The van der Waals surface area contributed by atoms with Crippen LogP contribution in [0, 0.1) is 0 Å². The lowest BCUT2D eigenvalue weighted by Crippen LogP contribution is -2.40. The van der Waals surface area contributed by atoms with E-state index in [1.165, 1.54) is 5.56 Å². The van der Waals surface area contributed by atoms with Gasteiger partial charge in [0.15, 0.2) is 5.65 Å². The van der Waals surface area contributed by atoms with Gasteiger partial charge in [0.05, 0.1) is 30.6 Å². The monoisotopic (exact) mass is 350 g/mol. The lowest BCUT2D eigenvalue weighted by Gasteiger charge is -2.19. The summed E-state index contributed by atoms with van der Waals surface area (Å²) in [6, 6.07) is 12.0. The minimum atomic E-state index is -0.119. The Morgan fingerprint density at radius 1 is 1.27 bits per heavy atom. The SMILES string of the molecule is CO[C@@H]1CCC[C@H]1NC(=O)c1cnc2c(c1)ncn2Cc1ccccc1. The summed E-state index contributed by atoms with van der Waals surface area (Å²) < 4.78 is 7.43. The summed E-state index contributed by atoms with van der Waals surface area (Å²) in [6.07, 6.45) is 6.50. The first kappa shape index (κ1) is 16.7. The van der Waals surface area contributed by atoms with Crippen molar-refractivity contribution in [3.8, 4) is 0 Å². The number of pyridine rings is 1. The van der Waals surface area contributed by atoms with E-state index in [0.717, 1.165) is 30.4 Å². The Kier molecular flexibility index (Phi) is 4.67. The minimum Gasteiger partial charge on any atom is -0.379 e. The fourth-order valence-electron chi connectivity index (χ4n) is 3.59. The molecule has 1 amide bonds. The van der Waals surface area contributed by atoms with Gasteiger partial charge in [0.1, 0.15) is 5.52 Å². The molecule has 3 aromatic rings. The Balaban J connectivity index is 1.52. The van der Waals surface area contributed by atoms with Crippen LogP contribution in [0.3, 0.4) is 0 Å². The molecular weight excluding hydrogens is 328 g/mol. The van der Waals surface area contributed by atoms with Gasteiger partial charge in [-0.3, -0.25) is 4.79 Å². The van der Waals surface area contributed by atoms with Crippen molar-refractivity contribution in [1.82, 2.24) is 19.9 Å². The summed E-state index contributed by atoms with van der Waals surface area (Å²) in [4.78, 5) is 21.5. The molecule has 0 saturated heterocycles. The molecule has 1 aromatic carbocycles. The highest BCUT2D eigenvalue weighted by atomic mass is 16.5. The first-order chi connectivity index (χ1) is 12.7. The average Bonchev–Trinajstić information content (AvgIpc) is 3.29. The van der Waals surface area contributed by atoms with E-state index in [2.05, 4.69) is 27.4 Å². The summed E-state index contributed by atoms with van der Waals surface area (Å²) >= 11 is 0. The van der Waals surface area contributed by atoms with Gasteiger partial charge in [-0.05, 0) is 30.9 Å². The van der Waals surface area contributed by atoms with Crippen molar-refractivity contribution < 1.29 is 9.53 Å². The first-order valence-electron chi connectivity index (χ1n) is 8.93. The zero-order chi connectivity index (χ0) is 17.9. The zero-order valence-corrected chi connectivity index (χ0v) is 14.8. The van der Waals surface area contributed by atoms with Gasteiger partial charge in [-0.15, -0.1) is 0 Å². The van der Waals surface area contributed by atoms with Crippen molar-refractivity contribution in [3.63, 3.8) is 0 Å². The second kappa shape index (κ2) is 7.25. The Bertz CT molecular complexity index is 907. The van der Waals surface area contributed by atoms with Crippen LogP contribution in [0.15, 0.2) is 48.9 Å². The molecule has 2 atom stereocenters. The molecular formula is C20H22N4O2. The summed E-state index contributed by atoms with van der Waals surface area (Å²) in [5, 5.41) is 3.07. The number of rotatable bonds is 5. The first-order valence-corrected chi connectivity index (χ1v) is 8.93. The van der Waals surface area contributed by atoms with Crippen LogP contribution in [0.5, 0.6) is 0 Å². The molecule has 0 aliphatic heterocycles. The number of carbonyl (C=O) groups is 1. The van der Waals surface area contributed by atoms with E-state index in [1.54, 1.807) is 25.7 Å². The highest BCUT2D eigenvalue weighted by molar-refractivity contribution is 5.96.